The van der Waals surface area contributed by atoms with Gasteiger partial charge in [-0.1, -0.05) is 40.9 Å². The van der Waals surface area contributed by atoms with Crippen LogP contribution >= 0.6 is 23.2 Å². The van der Waals surface area contributed by atoms with Crippen molar-refractivity contribution in [3.63, 3.8) is 0 Å². The third-order valence-electron chi connectivity index (χ3n) is 5.73. The van der Waals surface area contributed by atoms with Gasteiger partial charge in [-0.05, 0) is 68.7 Å². The Balaban J connectivity index is 1.57. The summed E-state index contributed by atoms with van der Waals surface area (Å²) in [6.45, 7) is 4.17. The van der Waals surface area contributed by atoms with Gasteiger partial charge in [-0.2, -0.15) is 0 Å². The molecule has 2 amide bonds. The van der Waals surface area contributed by atoms with Crippen molar-refractivity contribution < 1.29 is 29.0 Å². The Bertz CT molecular complexity index is 1370. The van der Waals surface area contributed by atoms with Crippen molar-refractivity contribution in [2.45, 2.75) is 26.7 Å². The summed E-state index contributed by atoms with van der Waals surface area (Å²) < 4.78 is 10.5. The van der Waals surface area contributed by atoms with E-state index in [2.05, 4.69) is 16.1 Å². The first kappa shape index (κ1) is 26.3. The van der Waals surface area contributed by atoms with Crippen molar-refractivity contribution in [3.8, 4) is 17.2 Å². The van der Waals surface area contributed by atoms with Gasteiger partial charge in [0.2, 0.25) is 0 Å². The van der Waals surface area contributed by atoms with Crippen LogP contribution in [0.2, 0.25) is 10.0 Å². The molecular weight excluding hydrogens is 519 g/mol. The molecule has 0 bridgehead atoms. The fourth-order valence-electron chi connectivity index (χ4n) is 4.06. The van der Waals surface area contributed by atoms with Crippen LogP contribution in [-0.4, -0.2) is 36.0 Å². The highest BCUT2D eigenvalue weighted by molar-refractivity contribution is 6.39. The lowest BCUT2D eigenvalue weighted by molar-refractivity contribution is -0.152. The first-order valence-corrected chi connectivity index (χ1v) is 12.3. The molecule has 0 aromatic heterocycles. The van der Waals surface area contributed by atoms with E-state index in [1.54, 1.807) is 11.8 Å². The number of benzene rings is 3. The van der Waals surface area contributed by atoms with E-state index >= 15 is 0 Å². The minimum absolute atomic E-state index is 0.0490. The fraction of sp³-hybridized carbons (Fsp3) is 0.222. The predicted octanol–water partition coefficient (Wildman–Crippen LogP) is 5.89. The van der Waals surface area contributed by atoms with Crippen molar-refractivity contribution in [2.24, 2.45) is 0 Å². The average molecular weight is 543 g/mol. The normalized spacial score (nSPS) is 12.5. The molecule has 0 saturated heterocycles. The number of halogens is 2. The highest BCUT2D eigenvalue weighted by Gasteiger charge is 2.26. The van der Waals surface area contributed by atoms with Crippen LogP contribution < -0.4 is 15.0 Å². The maximum Gasteiger partial charge on any atom is 0.397 e. The smallest absolute Gasteiger partial charge is 0.397 e. The molecule has 1 aliphatic heterocycles. The summed E-state index contributed by atoms with van der Waals surface area (Å²) in [4.78, 5) is 38.5. The van der Waals surface area contributed by atoms with Crippen molar-refractivity contribution in [1.29, 1.82) is 0 Å². The Labute approximate surface area is 223 Å². The number of nitrogens with one attached hydrogen (secondary N) is 1. The summed E-state index contributed by atoms with van der Waals surface area (Å²) in [5.74, 6) is -2.27. The summed E-state index contributed by atoms with van der Waals surface area (Å²) >= 11 is 12.7. The molecule has 0 atom stereocenters. The van der Waals surface area contributed by atoms with Crippen LogP contribution in [0, 0.1) is 6.92 Å². The number of aryl methyl sites for hydroxylation is 2. The number of anilines is 2. The van der Waals surface area contributed by atoms with Gasteiger partial charge in [-0.25, -0.2) is 4.79 Å². The lowest BCUT2D eigenvalue weighted by atomic mass is 9.98. The quantitative estimate of drug-likeness (QED) is 0.307. The highest BCUT2D eigenvalue weighted by Crippen LogP contribution is 2.40. The molecule has 2 N–H and O–H groups in total. The molecule has 0 spiro atoms. The van der Waals surface area contributed by atoms with E-state index in [1.165, 1.54) is 30.3 Å². The van der Waals surface area contributed by atoms with Crippen LogP contribution in [0.5, 0.6) is 17.2 Å². The summed E-state index contributed by atoms with van der Waals surface area (Å²) in [5.41, 5.74) is 3.25. The zero-order valence-corrected chi connectivity index (χ0v) is 21.7. The number of aromatic hydroxyl groups is 1. The lowest BCUT2D eigenvalue weighted by Gasteiger charge is -2.30. The SMILES string of the molecule is CCOC(=O)C(=O)Nc1cc(Cl)c(Oc2ccc(O)c(C(=O)N3CCCc4cc(C)ccc43)c2)c(Cl)c1. The number of esters is 1. The molecule has 3 aromatic carbocycles. The highest BCUT2D eigenvalue weighted by atomic mass is 35.5. The standard InChI is InChI=1S/C27H24Cl2N2O6/c1-3-36-27(35)25(33)30-17-12-20(28)24(21(29)13-17)37-18-7-9-23(32)19(14-18)26(34)31-10-4-5-16-11-15(2)6-8-22(16)31/h6-9,11-14,32H,3-5,10H2,1-2H3,(H,30,33). The summed E-state index contributed by atoms with van der Waals surface area (Å²) in [5, 5.41) is 12.9. The van der Waals surface area contributed by atoms with E-state index in [9.17, 15) is 19.5 Å². The Morgan fingerprint density at radius 3 is 2.49 bits per heavy atom. The number of carbonyl (C=O) groups excluding carboxylic acids is 3. The number of phenols is 1. The molecule has 10 heteroatoms. The van der Waals surface area contributed by atoms with E-state index < -0.39 is 11.9 Å². The summed E-state index contributed by atoms with van der Waals surface area (Å²) in [7, 11) is 0. The van der Waals surface area contributed by atoms with Gasteiger partial charge in [0.1, 0.15) is 11.5 Å². The van der Waals surface area contributed by atoms with Crippen molar-refractivity contribution in [1.82, 2.24) is 0 Å². The van der Waals surface area contributed by atoms with Gasteiger partial charge in [-0.15, -0.1) is 0 Å². The van der Waals surface area contributed by atoms with Gasteiger partial charge in [0.05, 0.1) is 22.2 Å². The molecule has 0 radical (unpaired) electrons. The molecule has 1 heterocycles. The van der Waals surface area contributed by atoms with Crippen LogP contribution in [0.1, 0.15) is 34.8 Å². The maximum atomic E-state index is 13.4. The Morgan fingerprint density at radius 1 is 1.05 bits per heavy atom. The van der Waals surface area contributed by atoms with Gasteiger partial charge >= 0.3 is 11.9 Å². The molecule has 3 aromatic rings. The van der Waals surface area contributed by atoms with Crippen LogP contribution in [0.3, 0.4) is 0 Å². The Hall–Kier alpha value is -3.75. The molecule has 0 fully saturated rings. The number of nitrogens with zero attached hydrogens (tertiary/aromatic N) is 1. The van der Waals surface area contributed by atoms with E-state index in [0.717, 1.165) is 29.7 Å². The number of amides is 2. The van der Waals surface area contributed by atoms with Crippen molar-refractivity contribution in [2.75, 3.05) is 23.4 Å². The molecule has 192 valence electrons. The van der Waals surface area contributed by atoms with Crippen LogP contribution in [0.25, 0.3) is 0 Å². The second kappa shape index (κ2) is 11.1. The zero-order chi connectivity index (χ0) is 26.7. The third kappa shape index (κ3) is 5.81. The molecular formula is C27H24Cl2N2O6. The van der Waals surface area contributed by atoms with Gasteiger partial charge in [0, 0.05) is 17.9 Å². The van der Waals surface area contributed by atoms with E-state index in [1.807, 2.05) is 19.1 Å². The van der Waals surface area contributed by atoms with E-state index in [0.29, 0.717) is 6.54 Å². The average Bonchev–Trinajstić information content (AvgIpc) is 2.86. The number of hydrogen-bond acceptors (Lipinski definition) is 6. The second-order valence-electron chi connectivity index (χ2n) is 8.42. The van der Waals surface area contributed by atoms with Crippen LogP contribution in [0.4, 0.5) is 11.4 Å². The largest absolute Gasteiger partial charge is 0.507 e. The van der Waals surface area contributed by atoms with Gasteiger partial charge in [0.15, 0.2) is 5.75 Å². The minimum atomic E-state index is -1.04. The topological polar surface area (TPSA) is 105 Å². The Kier molecular flexibility index (Phi) is 7.90. The lowest BCUT2D eigenvalue weighted by Crippen LogP contribution is -2.35. The van der Waals surface area contributed by atoms with E-state index in [4.69, 9.17) is 27.9 Å². The second-order valence-corrected chi connectivity index (χ2v) is 9.23. The summed E-state index contributed by atoms with van der Waals surface area (Å²) in [6, 6.07) is 12.9. The first-order chi connectivity index (χ1) is 17.7. The fourth-order valence-corrected chi connectivity index (χ4v) is 4.62. The predicted molar refractivity (Wildman–Crippen MR) is 141 cm³/mol. The first-order valence-electron chi connectivity index (χ1n) is 11.6. The maximum absolute atomic E-state index is 13.4. The molecule has 8 nitrogen and oxygen atoms in total. The number of hydrogen-bond donors (Lipinski definition) is 2. The molecule has 37 heavy (non-hydrogen) atoms. The molecule has 0 saturated carbocycles. The number of fused-ring (bicyclic) bond motifs is 1. The Morgan fingerprint density at radius 2 is 1.78 bits per heavy atom. The van der Waals surface area contributed by atoms with Crippen molar-refractivity contribution in [3.05, 3.63) is 75.3 Å². The van der Waals surface area contributed by atoms with Gasteiger partial charge < -0.3 is 24.8 Å². The van der Waals surface area contributed by atoms with E-state index in [-0.39, 0.29) is 51.1 Å². The molecule has 0 unspecified atom stereocenters. The minimum Gasteiger partial charge on any atom is -0.507 e. The summed E-state index contributed by atoms with van der Waals surface area (Å²) in [6.07, 6.45) is 1.69. The monoisotopic (exact) mass is 542 g/mol. The molecule has 0 aliphatic carbocycles. The van der Waals surface area contributed by atoms with Crippen LogP contribution in [0.15, 0.2) is 48.5 Å². The number of ether oxygens (including phenoxy) is 2. The van der Waals surface area contributed by atoms with Crippen molar-refractivity contribution >= 4 is 52.4 Å². The number of rotatable bonds is 5. The number of carbonyl (C=O) groups is 3. The number of phenolic OH excluding ortho intramolecular Hbond substituents is 1. The molecule has 4 rings (SSSR count). The van der Waals surface area contributed by atoms with Gasteiger partial charge in [0.25, 0.3) is 5.91 Å². The molecule has 1 aliphatic rings. The zero-order valence-electron chi connectivity index (χ0n) is 20.1. The van der Waals surface area contributed by atoms with Gasteiger partial charge in [-0.3, -0.25) is 9.59 Å². The van der Waals surface area contributed by atoms with Crippen LogP contribution in [-0.2, 0) is 20.7 Å². The third-order valence-corrected chi connectivity index (χ3v) is 6.30.